The van der Waals surface area contributed by atoms with Crippen molar-refractivity contribution in [2.24, 2.45) is 5.41 Å². The number of rotatable bonds is 3. The lowest BCUT2D eigenvalue weighted by Gasteiger charge is -2.17. The second kappa shape index (κ2) is 6.58. The first-order chi connectivity index (χ1) is 8.42. The lowest BCUT2D eigenvalue weighted by molar-refractivity contribution is 0.0953. The summed E-state index contributed by atoms with van der Waals surface area (Å²) in [6.45, 7) is 6.95. The minimum absolute atomic E-state index is 0.0544. The Hall–Kier alpha value is -1.31. The maximum absolute atomic E-state index is 11.8. The summed E-state index contributed by atoms with van der Waals surface area (Å²) in [6, 6.07) is 3.56. The summed E-state index contributed by atoms with van der Waals surface area (Å²) in [5, 5.41) is 11.5. The summed E-state index contributed by atoms with van der Waals surface area (Å²) in [7, 11) is 0. The molecule has 0 spiro atoms. The maximum atomic E-state index is 11.8. The molecule has 0 unspecified atom stereocenters. The number of amides is 1. The van der Waals surface area contributed by atoms with Crippen molar-refractivity contribution in [3.8, 4) is 11.8 Å². The van der Waals surface area contributed by atoms with Gasteiger partial charge in [0.05, 0.1) is 9.75 Å². The van der Waals surface area contributed by atoms with E-state index in [1.54, 1.807) is 12.1 Å². The van der Waals surface area contributed by atoms with Crippen LogP contribution in [0, 0.1) is 17.3 Å². The first-order valence-electron chi connectivity index (χ1n) is 5.90. The van der Waals surface area contributed by atoms with Crippen molar-refractivity contribution in [2.75, 3.05) is 13.2 Å². The van der Waals surface area contributed by atoms with Gasteiger partial charge in [-0.1, -0.05) is 32.6 Å². The van der Waals surface area contributed by atoms with Crippen molar-refractivity contribution < 1.29 is 9.90 Å². The zero-order chi connectivity index (χ0) is 13.6. The van der Waals surface area contributed by atoms with Crippen LogP contribution in [0.15, 0.2) is 12.1 Å². The lowest BCUT2D eigenvalue weighted by Crippen LogP contribution is -2.26. The molecule has 1 aromatic heterocycles. The third-order valence-electron chi connectivity index (χ3n) is 2.28. The molecule has 1 heterocycles. The highest BCUT2D eigenvalue weighted by Gasteiger charge is 2.12. The largest absolute Gasteiger partial charge is 0.384 e. The normalized spacial score (nSPS) is 10.7. The Labute approximate surface area is 112 Å². The van der Waals surface area contributed by atoms with Crippen molar-refractivity contribution >= 4 is 17.2 Å². The molecule has 0 saturated carbocycles. The number of aliphatic hydroxyl groups is 1. The molecule has 4 heteroatoms. The van der Waals surface area contributed by atoms with Crippen molar-refractivity contribution in [3.05, 3.63) is 21.9 Å². The third-order valence-corrected chi connectivity index (χ3v) is 3.28. The minimum atomic E-state index is -0.162. The summed E-state index contributed by atoms with van der Waals surface area (Å²) >= 11 is 1.34. The Morgan fingerprint density at radius 3 is 2.78 bits per heavy atom. The highest BCUT2D eigenvalue weighted by molar-refractivity contribution is 7.14. The quantitative estimate of drug-likeness (QED) is 0.824. The van der Waals surface area contributed by atoms with E-state index < -0.39 is 0 Å². The van der Waals surface area contributed by atoms with E-state index in [1.165, 1.54) is 11.3 Å². The Morgan fingerprint density at radius 1 is 1.44 bits per heavy atom. The molecule has 0 aromatic carbocycles. The molecule has 0 fully saturated rings. The summed E-state index contributed by atoms with van der Waals surface area (Å²) in [5.41, 5.74) is 0.223. The fourth-order valence-corrected chi connectivity index (χ4v) is 2.09. The van der Waals surface area contributed by atoms with Crippen LogP contribution in [0.4, 0.5) is 0 Å². The van der Waals surface area contributed by atoms with E-state index >= 15 is 0 Å². The van der Waals surface area contributed by atoms with Gasteiger partial charge in [0.15, 0.2) is 0 Å². The van der Waals surface area contributed by atoms with E-state index in [0.29, 0.717) is 11.4 Å². The summed E-state index contributed by atoms with van der Waals surface area (Å²) in [6.07, 6.45) is 0.946. The van der Waals surface area contributed by atoms with Crippen molar-refractivity contribution in [3.63, 3.8) is 0 Å². The lowest BCUT2D eigenvalue weighted by atomic mass is 9.92. The van der Waals surface area contributed by atoms with E-state index in [1.807, 2.05) is 0 Å². The molecule has 1 aromatic rings. The van der Waals surface area contributed by atoms with Crippen molar-refractivity contribution in [1.82, 2.24) is 5.32 Å². The molecule has 0 bridgehead atoms. The molecule has 1 amide bonds. The number of carbonyl (C=O) groups is 1. The number of hydrogen-bond acceptors (Lipinski definition) is 3. The average Bonchev–Trinajstić information content (AvgIpc) is 2.73. The van der Waals surface area contributed by atoms with Crippen LogP contribution in [0.3, 0.4) is 0 Å². The average molecular weight is 265 g/mol. The Balaban J connectivity index is 2.49. The van der Waals surface area contributed by atoms with Crippen LogP contribution in [0.5, 0.6) is 0 Å². The molecule has 3 nitrogen and oxygen atoms in total. The van der Waals surface area contributed by atoms with Crippen LogP contribution in [-0.4, -0.2) is 24.2 Å². The van der Waals surface area contributed by atoms with Gasteiger partial charge in [-0.25, -0.2) is 0 Å². The van der Waals surface area contributed by atoms with Crippen LogP contribution < -0.4 is 5.32 Å². The highest BCUT2D eigenvalue weighted by Crippen LogP contribution is 2.18. The van der Waals surface area contributed by atoms with Gasteiger partial charge in [0.1, 0.15) is 6.61 Å². The van der Waals surface area contributed by atoms with Gasteiger partial charge in [-0.15, -0.1) is 11.3 Å². The Bertz CT molecular complexity index is 460. The van der Waals surface area contributed by atoms with Gasteiger partial charge in [-0.05, 0) is 24.0 Å². The van der Waals surface area contributed by atoms with Gasteiger partial charge < -0.3 is 10.4 Å². The van der Waals surface area contributed by atoms with Crippen molar-refractivity contribution in [1.29, 1.82) is 0 Å². The van der Waals surface area contributed by atoms with Crippen LogP contribution in [0.1, 0.15) is 41.7 Å². The van der Waals surface area contributed by atoms with Gasteiger partial charge in [-0.2, -0.15) is 0 Å². The summed E-state index contributed by atoms with van der Waals surface area (Å²) in [4.78, 5) is 13.3. The summed E-state index contributed by atoms with van der Waals surface area (Å²) in [5.74, 6) is 5.30. The zero-order valence-electron chi connectivity index (χ0n) is 11.0. The van der Waals surface area contributed by atoms with E-state index in [0.717, 1.165) is 11.3 Å². The number of thiophene rings is 1. The third kappa shape index (κ3) is 5.35. The Morgan fingerprint density at radius 2 is 2.17 bits per heavy atom. The number of carbonyl (C=O) groups excluding carboxylic acids is 1. The van der Waals surface area contributed by atoms with Gasteiger partial charge in [0, 0.05) is 6.54 Å². The predicted molar refractivity (Wildman–Crippen MR) is 74.7 cm³/mol. The second-order valence-corrected chi connectivity index (χ2v) is 6.27. The molecular formula is C14H19NO2S. The second-order valence-electron chi connectivity index (χ2n) is 5.19. The first kappa shape index (κ1) is 14.7. The molecule has 0 aliphatic heterocycles. The van der Waals surface area contributed by atoms with Gasteiger partial charge in [0.2, 0.25) is 0 Å². The SMILES string of the molecule is CC(C)(C)CCNC(=O)c1ccc(C#CCO)s1. The molecule has 0 saturated heterocycles. The molecule has 0 atom stereocenters. The molecule has 0 aliphatic carbocycles. The Kier molecular flexibility index (Phi) is 5.39. The number of hydrogen-bond donors (Lipinski definition) is 2. The van der Waals surface area contributed by atoms with Crippen LogP contribution in [-0.2, 0) is 0 Å². The van der Waals surface area contributed by atoms with E-state index in [-0.39, 0.29) is 17.9 Å². The van der Waals surface area contributed by atoms with Gasteiger partial charge >= 0.3 is 0 Å². The van der Waals surface area contributed by atoms with Gasteiger partial charge in [-0.3, -0.25) is 4.79 Å². The molecule has 18 heavy (non-hydrogen) atoms. The van der Waals surface area contributed by atoms with E-state index in [9.17, 15) is 4.79 Å². The molecule has 2 N–H and O–H groups in total. The fraction of sp³-hybridized carbons (Fsp3) is 0.500. The first-order valence-corrected chi connectivity index (χ1v) is 6.72. The zero-order valence-corrected chi connectivity index (χ0v) is 11.9. The highest BCUT2D eigenvalue weighted by atomic mass is 32.1. The van der Waals surface area contributed by atoms with E-state index in [2.05, 4.69) is 37.9 Å². The summed E-state index contributed by atoms with van der Waals surface area (Å²) < 4.78 is 0. The molecule has 1 rings (SSSR count). The smallest absolute Gasteiger partial charge is 0.261 e. The van der Waals surface area contributed by atoms with Gasteiger partial charge in [0.25, 0.3) is 5.91 Å². The predicted octanol–water partition coefficient (Wildman–Crippen LogP) is 2.26. The van der Waals surface area contributed by atoms with Crippen LogP contribution in [0.2, 0.25) is 0 Å². The maximum Gasteiger partial charge on any atom is 0.261 e. The topological polar surface area (TPSA) is 49.3 Å². The molecule has 0 radical (unpaired) electrons. The monoisotopic (exact) mass is 265 g/mol. The molecule has 0 aliphatic rings. The standard InChI is InChI=1S/C14H19NO2S/c1-14(2,3)8-9-15-13(17)12-7-6-11(18-12)5-4-10-16/h6-7,16H,8-10H2,1-3H3,(H,15,17). The van der Waals surface area contributed by atoms with Crippen LogP contribution >= 0.6 is 11.3 Å². The van der Waals surface area contributed by atoms with Crippen molar-refractivity contribution in [2.45, 2.75) is 27.2 Å². The minimum Gasteiger partial charge on any atom is -0.384 e. The van der Waals surface area contributed by atoms with E-state index in [4.69, 9.17) is 5.11 Å². The molecule has 98 valence electrons. The number of nitrogens with one attached hydrogen (secondary N) is 1. The number of aliphatic hydroxyl groups excluding tert-OH is 1. The van der Waals surface area contributed by atoms with Crippen LogP contribution in [0.25, 0.3) is 0 Å². The fourth-order valence-electron chi connectivity index (χ4n) is 1.29. The molecular weight excluding hydrogens is 246 g/mol.